The van der Waals surface area contributed by atoms with Crippen molar-refractivity contribution in [3.8, 4) is 5.75 Å². The van der Waals surface area contributed by atoms with E-state index in [1.165, 1.54) is 0 Å². The van der Waals surface area contributed by atoms with Crippen LogP contribution in [-0.4, -0.2) is 54.9 Å². The maximum Gasteiger partial charge on any atom is 0.255 e. The van der Waals surface area contributed by atoms with Crippen LogP contribution in [0.2, 0.25) is 5.02 Å². The molecule has 1 heterocycles. The molecule has 1 fully saturated rings. The molecule has 27 heavy (non-hydrogen) atoms. The second-order valence-corrected chi connectivity index (χ2v) is 7.92. The van der Waals surface area contributed by atoms with Gasteiger partial charge >= 0.3 is 0 Å². The number of methoxy groups -OCH3 is 1. The molecule has 0 bridgehead atoms. The number of carbonyl (C=O) groups excluding carboxylic acids is 2. The van der Waals surface area contributed by atoms with E-state index in [4.69, 9.17) is 16.3 Å². The molecule has 2 amide bonds. The molecule has 3 rings (SSSR count). The molecule has 2 aromatic rings. The van der Waals surface area contributed by atoms with E-state index >= 15 is 0 Å². The molecule has 7 heteroatoms. The minimum Gasteiger partial charge on any atom is -0.497 e. The molecule has 1 saturated heterocycles. The van der Waals surface area contributed by atoms with Gasteiger partial charge in [0, 0.05) is 34.8 Å². The molecule has 0 spiro atoms. The van der Waals surface area contributed by atoms with Gasteiger partial charge in [0.1, 0.15) is 5.75 Å². The zero-order valence-electron chi connectivity index (χ0n) is 15.0. The van der Waals surface area contributed by atoms with Crippen LogP contribution in [-0.2, 0) is 11.2 Å². The first-order chi connectivity index (χ1) is 13.0. The number of carbonyl (C=O) groups is 2. The highest BCUT2D eigenvalue weighted by molar-refractivity contribution is 14.1. The summed E-state index contributed by atoms with van der Waals surface area (Å²) in [6, 6.07) is 12.8. The van der Waals surface area contributed by atoms with E-state index in [-0.39, 0.29) is 11.8 Å². The number of halogens is 2. The van der Waals surface area contributed by atoms with Crippen LogP contribution in [0.1, 0.15) is 15.9 Å². The van der Waals surface area contributed by atoms with Crippen LogP contribution in [0.3, 0.4) is 0 Å². The first-order valence-corrected chi connectivity index (χ1v) is 10.1. The Bertz CT molecular complexity index is 851. The average molecular weight is 499 g/mol. The summed E-state index contributed by atoms with van der Waals surface area (Å²) < 4.78 is 6.04. The Morgan fingerprint density at radius 1 is 1.07 bits per heavy atom. The molecule has 5 nitrogen and oxygen atoms in total. The zero-order chi connectivity index (χ0) is 19.4. The number of hydrogen-bond donors (Lipinski definition) is 0. The molecule has 0 aromatic heterocycles. The molecule has 0 aliphatic carbocycles. The van der Waals surface area contributed by atoms with E-state index in [1.807, 2.05) is 29.2 Å². The Morgan fingerprint density at radius 3 is 2.44 bits per heavy atom. The fraction of sp³-hybridized carbons (Fsp3) is 0.300. The van der Waals surface area contributed by atoms with Crippen molar-refractivity contribution in [1.29, 1.82) is 0 Å². The molecule has 0 atom stereocenters. The van der Waals surface area contributed by atoms with Crippen LogP contribution in [0.4, 0.5) is 0 Å². The zero-order valence-corrected chi connectivity index (χ0v) is 17.9. The van der Waals surface area contributed by atoms with E-state index < -0.39 is 0 Å². The summed E-state index contributed by atoms with van der Waals surface area (Å²) >= 11 is 8.09. The first kappa shape index (κ1) is 19.9. The molecule has 142 valence electrons. The summed E-state index contributed by atoms with van der Waals surface area (Å²) in [5.74, 6) is 0.792. The average Bonchev–Trinajstić information content (AvgIpc) is 2.68. The molecule has 0 saturated carbocycles. The minimum atomic E-state index is -0.0176. The number of piperazine rings is 1. The van der Waals surface area contributed by atoms with Crippen LogP contribution in [0.25, 0.3) is 0 Å². The van der Waals surface area contributed by atoms with Crippen molar-refractivity contribution in [3.05, 3.63) is 62.2 Å². The molecule has 0 unspecified atom stereocenters. The second-order valence-electron chi connectivity index (χ2n) is 6.33. The van der Waals surface area contributed by atoms with Gasteiger partial charge in [-0.3, -0.25) is 9.59 Å². The predicted octanol–water partition coefficient (Wildman–Crippen LogP) is 3.48. The fourth-order valence-corrected chi connectivity index (χ4v) is 4.16. The van der Waals surface area contributed by atoms with E-state index in [0.29, 0.717) is 43.2 Å². The SMILES string of the molecule is COc1cccc(CC(=O)N2CCN(C(=O)c3ccc(Cl)cc3I)CC2)c1. The maximum atomic E-state index is 12.7. The van der Waals surface area contributed by atoms with Crippen molar-refractivity contribution < 1.29 is 14.3 Å². The topological polar surface area (TPSA) is 49.9 Å². The lowest BCUT2D eigenvalue weighted by molar-refractivity contribution is -0.131. The highest BCUT2D eigenvalue weighted by Gasteiger charge is 2.25. The molecule has 0 radical (unpaired) electrons. The van der Waals surface area contributed by atoms with Crippen molar-refractivity contribution in [2.24, 2.45) is 0 Å². The van der Waals surface area contributed by atoms with Gasteiger partial charge in [-0.25, -0.2) is 0 Å². The summed E-state index contributed by atoms with van der Waals surface area (Å²) in [6.07, 6.45) is 0.334. The van der Waals surface area contributed by atoms with Crippen LogP contribution in [0.5, 0.6) is 5.75 Å². The monoisotopic (exact) mass is 498 g/mol. The van der Waals surface area contributed by atoms with Crippen molar-refractivity contribution >= 4 is 46.0 Å². The van der Waals surface area contributed by atoms with Crippen molar-refractivity contribution in [3.63, 3.8) is 0 Å². The third kappa shape index (κ3) is 4.93. The van der Waals surface area contributed by atoms with Gasteiger partial charge < -0.3 is 14.5 Å². The Balaban J connectivity index is 1.57. The standard InChI is InChI=1S/C20H20ClIN2O3/c1-27-16-4-2-3-14(11-16)12-19(25)23-7-9-24(10-8-23)20(26)17-6-5-15(21)13-18(17)22/h2-6,11,13H,7-10,12H2,1H3. The predicted molar refractivity (Wildman–Crippen MR) is 113 cm³/mol. The van der Waals surface area contributed by atoms with E-state index in [9.17, 15) is 9.59 Å². The van der Waals surface area contributed by atoms with E-state index in [2.05, 4.69) is 22.6 Å². The Morgan fingerprint density at radius 2 is 1.78 bits per heavy atom. The van der Waals surface area contributed by atoms with Gasteiger partial charge in [-0.05, 0) is 58.5 Å². The summed E-state index contributed by atoms with van der Waals surface area (Å²) in [5.41, 5.74) is 1.57. The molecule has 1 aliphatic rings. The third-order valence-corrected chi connectivity index (χ3v) is 5.70. The smallest absolute Gasteiger partial charge is 0.255 e. The molecular weight excluding hydrogens is 479 g/mol. The lowest BCUT2D eigenvalue weighted by Crippen LogP contribution is -2.51. The Labute approximate surface area is 177 Å². The summed E-state index contributed by atoms with van der Waals surface area (Å²) in [4.78, 5) is 28.9. The van der Waals surface area contributed by atoms with Crippen LogP contribution in [0.15, 0.2) is 42.5 Å². The molecular formula is C20H20ClIN2O3. The number of benzene rings is 2. The number of ether oxygens (including phenoxy) is 1. The highest BCUT2D eigenvalue weighted by atomic mass is 127. The summed E-state index contributed by atoms with van der Waals surface area (Å²) in [5, 5.41) is 0.615. The van der Waals surface area contributed by atoms with Crippen molar-refractivity contribution in [2.75, 3.05) is 33.3 Å². The normalized spacial score (nSPS) is 14.2. The fourth-order valence-electron chi connectivity index (χ4n) is 3.06. The van der Waals surface area contributed by atoms with E-state index in [1.54, 1.807) is 30.2 Å². The highest BCUT2D eigenvalue weighted by Crippen LogP contribution is 2.20. The van der Waals surface area contributed by atoms with Gasteiger partial charge in [-0.15, -0.1) is 0 Å². The lowest BCUT2D eigenvalue weighted by atomic mass is 10.1. The summed E-state index contributed by atoms with van der Waals surface area (Å²) in [6.45, 7) is 2.14. The largest absolute Gasteiger partial charge is 0.497 e. The number of nitrogens with zero attached hydrogens (tertiary/aromatic N) is 2. The van der Waals surface area contributed by atoms with Gasteiger partial charge in [0.15, 0.2) is 0 Å². The maximum absolute atomic E-state index is 12.7. The van der Waals surface area contributed by atoms with Crippen LogP contribution >= 0.6 is 34.2 Å². The van der Waals surface area contributed by atoms with Crippen molar-refractivity contribution in [1.82, 2.24) is 9.80 Å². The number of rotatable bonds is 4. The summed E-state index contributed by atoms with van der Waals surface area (Å²) in [7, 11) is 1.61. The second kappa shape index (κ2) is 8.93. The van der Waals surface area contributed by atoms with Gasteiger partial charge in [0.05, 0.1) is 19.1 Å². The molecule has 0 N–H and O–H groups in total. The van der Waals surface area contributed by atoms with E-state index in [0.717, 1.165) is 14.9 Å². The minimum absolute atomic E-state index is 0.0176. The van der Waals surface area contributed by atoms with Gasteiger partial charge in [-0.2, -0.15) is 0 Å². The van der Waals surface area contributed by atoms with Crippen molar-refractivity contribution in [2.45, 2.75) is 6.42 Å². The first-order valence-electron chi connectivity index (χ1n) is 8.63. The number of amides is 2. The lowest BCUT2D eigenvalue weighted by Gasteiger charge is -2.35. The molecule has 1 aliphatic heterocycles. The van der Waals surface area contributed by atoms with Gasteiger partial charge in [-0.1, -0.05) is 23.7 Å². The number of hydrogen-bond acceptors (Lipinski definition) is 3. The third-order valence-electron chi connectivity index (χ3n) is 4.57. The van der Waals surface area contributed by atoms with Crippen LogP contribution < -0.4 is 4.74 Å². The Kier molecular flexibility index (Phi) is 6.59. The Hall–Kier alpha value is -1.80. The van der Waals surface area contributed by atoms with Crippen LogP contribution in [0, 0.1) is 3.57 Å². The van der Waals surface area contributed by atoms with Gasteiger partial charge in [0.25, 0.3) is 5.91 Å². The van der Waals surface area contributed by atoms with Gasteiger partial charge in [0.2, 0.25) is 5.91 Å². The quantitative estimate of drug-likeness (QED) is 0.607. The molecule has 2 aromatic carbocycles.